The number of halogens is 1. The van der Waals surface area contributed by atoms with E-state index in [0.29, 0.717) is 45.1 Å². The van der Waals surface area contributed by atoms with Gasteiger partial charge in [-0.05, 0) is 120 Å². The van der Waals surface area contributed by atoms with Crippen molar-refractivity contribution in [3.05, 3.63) is 150 Å². The maximum Gasteiger partial charge on any atom is 0.262 e. The summed E-state index contributed by atoms with van der Waals surface area (Å²) < 4.78 is 17.2. The Bertz CT molecular complexity index is 3630. The maximum atomic E-state index is 14.0. The monoisotopic (exact) mass is 1040 g/mol. The number of nitrogens with zero attached hydrogens (tertiary/aromatic N) is 3. The number of hydrogen-bond donors (Lipinski definition) is 2. The predicted octanol–water partition coefficient (Wildman–Crippen LogP) is 8.52. The molecule has 1 aromatic heterocycles. The quantitative estimate of drug-likeness (QED) is 0.0970. The van der Waals surface area contributed by atoms with Crippen molar-refractivity contribution in [1.29, 1.82) is 0 Å². The lowest BCUT2D eigenvalue weighted by Gasteiger charge is -2.49. The Morgan fingerprint density at radius 2 is 1.39 bits per heavy atom. The van der Waals surface area contributed by atoms with Crippen molar-refractivity contribution in [2.45, 2.75) is 122 Å². The number of anilines is 1. The minimum absolute atomic E-state index is 0.0106. The van der Waals surface area contributed by atoms with E-state index >= 15 is 0 Å². The highest BCUT2D eigenvalue weighted by atomic mass is 35.5. The molecule has 0 saturated carbocycles. The Morgan fingerprint density at radius 3 is 2.11 bits per heavy atom. The van der Waals surface area contributed by atoms with Crippen LogP contribution in [0.1, 0.15) is 163 Å². The van der Waals surface area contributed by atoms with Crippen molar-refractivity contribution in [2.75, 3.05) is 51.3 Å². The molecule has 394 valence electrons. The van der Waals surface area contributed by atoms with Gasteiger partial charge in [0.1, 0.15) is 30.3 Å². The number of ether oxygens (including phenoxy) is 2. The molecule has 76 heavy (non-hydrogen) atoms. The number of carbonyl (C=O) groups excluding carboxylic acids is 4. The molecule has 5 aliphatic rings. The fourth-order valence-electron chi connectivity index (χ4n) is 12.9. The van der Waals surface area contributed by atoms with Gasteiger partial charge in [-0.25, -0.2) is 4.58 Å². The third kappa shape index (κ3) is 8.37. The first-order valence-electron chi connectivity index (χ1n) is 26.9. The number of amides is 2. The summed E-state index contributed by atoms with van der Waals surface area (Å²) in [6, 6.07) is 21.6. The fraction of sp³-hybridized carbons (Fsp3) is 0.413. The highest BCUT2D eigenvalue weighted by Gasteiger charge is 2.48. The van der Waals surface area contributed by atoms with Gasteiger partial charge < -0.3 is 34.9 Å². The third-order valence-corrected chi connectivity index (χ3v) is 17.9. The first-order chi connectivity index (χ1) is 36.0. The standard InChI is InChI=1S/C63H68ClN5O7/c1-35-41(42-31-39(75-10)17-19-48(42)69(35)58(72)36-12-15-38(64)16-13-36)34-49(70)65-24-11-25-66-57(71)37-14-18-40(43(30-37)59(73)74)50-44-32-46-53-51(62(6,7)22-28-67(53)26-20-60(46,2)3)55(44)76-56-45(50)33-47-54-52(56)63(8,9)23-29-68(54)27-21-61(47,4)5/h12-19,30-33H,11,20-29,34H2,1-10H3,(H2-,65,66,70,71,73,74). The molecule has 6 heterocycles. The van der Waals surface area contributed by atoms with Gasteiger partial charge in [-0.15, -0.1) is 0 Å². The number of carboxylic acids is 1. The Labute approximate surface area is 449 Å². The van der Waals surface area contributed by atoms with E-state index in [1.807, 2.05) is 19.1 Å². The smallest absolute Gasteiger partial charge is 0.262 e. The van der Waals surface area contributed by atoms with Crippen LogP contribution in [0.2, 0.25) is 5.02 Å². The van der Waals surface area contributed by atoms with E-state index in [4.69, 9.17) is 21.1 Å². The molecule has 5 aromatic carbocycles. The molecule has 2 N–H and O–H groups in total. The van der Waals surface area contributed by atoms with Gasteiger partial charge in [0.25, 0.3) is 11.8 Å². The molecule has 0 atom stereocenters. The number of benzene rings is 5. The van der Waals surface area contributed by atoms with Crippen LogP contribution in [0, 0.1) is 6.92 Å². The minimum atomic E-state index is -1.38. The largest absolute Gasteiger partial charge is 0.545 e. The van der Waals surface area contributed by atoms with Crippen molar-refractivity contribution in [1.82, 2.24) is 19.8 Å². The van der Waals surface area contributed by atoms with E-state index in [1.165, 1.54) is 39.4 Å². The zero-order valence-electron chi connectivity index (χ0n) is 45.5. The molecule has 5 aliphatic heterocycles. The molecule has 0 unspecified atom stereocenters. The summed E-state index contributed by atoms with van der Waals surface area (Å²) in [5.41, 5.74) is 9.97. The Kier molecular flexibility index (Phi) is 12.4. The van der Waals surface area contributed by atoms with Crippen molar-refractivity contribution in [2.24, 2.45) is 0 Å². The average Bonchev–Trinajstić information content (AvgIpc) is 3.70. The lowest BCUT2D eigenvalue weighted by Crippen LogP contribution is -2.54. The SMILES string of the molecule is COc1ccc2c(c1)c(CC(=O)NCCCNC(=O)c1ccc(C3=c4cc5c6c(c4Oc4c3cc3c7c4C(C)(C)CCN7CCC3(C)C)C(C)(C)CC[N+]=6CCC5(C)C)c(C(=O)[O-])c1)c(C)n2C(=O)c1ccc(Cl)cc1. The number of hydrogen-bond acceptors (Lipinski definition) is 8. The third-order valence-electron chi connectivity index (χ3n) is 17.6. The van der Waals surface area contributed by atoms with Crippen molar-refractivity contribution >= 4 is 57.5 Å². The Hall–Kier alpha value is -6.92. The summed E-state index contributed by atoms with van der Waals surface area (Å²) in [7, 11) is 1.57. The van der Waals surface area contributed by atoms with Crippen LogP contribution in [-0.4, -0.2) is 74.6 Å². The van der Waals surface area contributed by atoms with Gasteiger partial charge in [0.15, 0.2) is 0 Å². The molecular formula is C63H68ClN5O7. The number of carbonyl (C=O) groups is 4. The number of fused-ring (bicyclic) bond motifs is 5. The van der Waals surface area contributed by atoms with Gasteiger partial charge in [-0.3, -0.25) is 19.0 Å². The minimum Gasteiger partial charge on any atom is -0.545 e. The molecule has 0 spiro atoms. The van der Waals surface area contributed by atoms with Gasteiger partial charge >= 0.3 is 0 Å². The lowest BCUT2D eigenvalue weighted by molar-refractivity contribution is -0.255. The van der Waals surface area contributed by atoms with Gasteiger partial charge in [0.2, 0.25) is 11.3 Å². The van der Waals surface area contributed by atoms with Crippen LogP contribution in [0.3, 0.4) is 0 Å². The first-order valence-corrected chi connectivity index (χ1v) is 27.3. The zero-order valence-corrected chi connectivity index (χ0v) is 46.2. The molecule has 0 saturated heterocycles. The molecule has 0 radical (unpaired) electrons. The van der Waals surface area contributed by atoms with Crippen LogP contribution >= 0.6 is 11.6 Å². The molecule has 0 aliphatic carbocycles. The number of rotatable bonds is 11. The molecule has 13 heteroatoms. The topological polar surface area (TPSA) is 145 Å². The molecule has 2 amide bonds. The van der Waals surface area contributed by atoms with Crippen LogP contribution in [-0.2, 0) is 32.9 Å². The molecule has 6 aromatic rings. The summed E-state index contributed by atoms with van der Waals surface area (Å²) >= 11 is 6.11. The second-order valence-electron chi connectivity index (χ2n) is 24.3. The fourth-order valence-corrected chi connectivity index (χ4v) is 13.1. The van der Waals surface area contributed by atoms with Crippen molar-refractivity contribution in [3.63, 3.8) is 0 Å². The van der Waals surface area contributed by atoms with E-state index < -0.39 is 11.9 Å². The maximum absolute atomic E-state index is 14.0. The summed E-state index contributed by atoms with van der Waals surface area (Å²) in [4.78, 5) is 57.5. The van der Waals surface area contributed by atoms with E-state index in [-0.39, 0.29) is 64.1 Å². The Balaban J connectivity index is 0.910. The van der Waals surface area contributed by atoms with Gasteiger partial charge in [-0.1, -0.05) is 73.1 Å². The van der Waals surface area contributed by atoms with E-state index in [9.17, 15) is 24.3 Å². The summed E-state index contributed by atoms with van der Waals surface area (Å²) in [6.07, 6.45) is 4.29. The van der Waals surface area contributed by atoms with Crippen molar-refractivity contribution < 1.29 is 33.8 Å². The normalized spacial score (nSPS) is 17.9. The molecule has 11 rings (SSSR count). The lowest BCUT2D eigenvalue weighted by atomic mass is 9.67. The Morgan fingerprint density at radius 1 is 0.737 bits per heavy atom. The second-order valence-corrected chi connectivity index (χ2v) is 24.8. The van der Waals surface area contributed by atoms with Crippen LogP contribution in [0.5, 0.6) is 17.2 Å². The summed E-state index contributed by atoms with van der Waals surface area (Å²) in [5, 5.41) is 22.9. The van der Waals surface area contributed by atoms with Crippen LogP contribution in [0.25, 0.3) is 16.5 Å². The predicted molar refractivity (Wildman–Crippen MR) is 296 cm³/mol. The molecular weight excluding hydrogens is 974 g/mol. The molecule has 0 fully saturated rings. The first kappa shape index (κ1) is 51.2. The van der Waals surface area contributed by atoms with Crippen LogP contribution < -0.4 is 45.3 Å². The number of aromatic carboxylic acids is 1. The van der Waals surface area contributed by atoms with Crippen LogP contribution in [0.4, 0.5) is 5.69 Å². The van der Waals surface area contributed by atoms with E-state index in [0.717, 1.165) is 85.1 Å². The highest BCUT2D eigenvalue weighted by Crippen LogP contribution is 2.57. The van der Waals surface area contributed by atoms with Crippen molar-refractivity contribution in [3.8, 4) is 17.2 Å². The van der Waals surface area contributed by atoms with E-state index in [1.54, 1.807) is 54.1 Å². The van der Waals surface area contributed by atoms with E-state index in [2.05, 4.69) is 87.6 Å². The number of carboxylic acid groups (broad SMARTS) is 1. The number of aromatic nitrogens is 1. The average molecular weight is 1040 g/mol. The van der Waals surface area contributed by atoms with Gasteiger partial charge in [-0.2, -0.15) is 0 Å². The number of nitrogens with one attached hydrogen (secondary N) is 2. The second kappa shape index (κ2) is 18.4. The molecule has 12 nitrogen and oxygen atoms in total. The van der Waals surface area contributed by atoms with Gasteiger partial charge in [0.05, 0.1) is 30.6 Å². The number of methoxy groups -OCH3 is 1. The van der Waals surface area contributed by atoms with Gasteiger partial charge in [0, 0.05) is 116 Å². The summed E-state index contributed by atoms with van der Waals surface area (Å²) in [5.74, 6) is -0.134. The molecule has 0 bridgehead atoms. The van der Waals surface area contributed by atoms with Crippen LogP contribution in [0.15, 0.2) is 72.8 Å². The highest BCUT2D eigenvalue weighted by molar-refractivity contribution is 6.30. The summed E-state index contributed by atoms with van der Waals surface area (Å²) in [6.45, 7) is 24.6. The zero-order chi connectivity index (χ0) is 54.0.